The number of anilines is 1. The van der Waals surface area contributed by atoms with Crippen LogP contribution in [0, 0.1) is 0 Å². The van der Waals surface area contributed by atoms with Crippen LogP contribution in [0.3, 0.4) is 0 Å². The molecule has 1 N–H and O–H groups in total. The Balaban J connectivity index is 1.26. The third-order valence-corrected chi connectivity index (χ3v) is 6.52. The predicted octanol–water partition coefficient (Wildman–Crippen LogP) is 3.62. The molecular formula is C25H28ClN3O6. The number of halogens is 1. The second-order valence-corrected chi connectivity index (χ2v) is 9.23. The summed E-state index contributed by atoms with van der Waals surface area (Å²) in [6.45, 7) is 2.87. The summed E-state index contributed by atoms with van der Waals surface area (Å²) in [6.07, 6.45) is 1.55. The molecule has 3 aliphatic heterocycles. The van der Waals surface area contributed by atoms with Crippen LogP contribution in [-0.4, -0.2) is 80.1 Å². The molecule has 0 saturated carbocycles. The average Bonchev–Trinajstić information content (AvgIpc) is 3.55. The molecule has 9 nitrogen and oxygen atoms in total. The number of fused-ring (bicyclic) bond motifs is 1. The number of urea groups is 1. The van der Waals surface area contributed by atoms with Gasteiger partial charge in [0.25, 0.3) is 5.91 Å². The SMILES string of the molecule is O=C(Nc1cccc(Cl)c1)N1CCOC(CN(CC2CCCO2)C(=O)c2ccc3c(c2)OCO3)C1. The monoisotopic (exact) mass is 501 g/mol. The fourth-order valence-corrected chi connectivity index (χ4v) is 4.71. The van der Waals surface area contributed by atoms with Crippen molar-refractivity contribution in [1.82, 2.24) is 9.80 Å². The van der Waals surface area contributed by atoms with Crippen LogP contribution in [0.15, 0.2) is 42.5 Å². The minimum atomic E-state index is -0.326. The molecule has 2 atom stereocenters. The number of rotatable bonds is 6. The zero-order valence-electron chi connectivity index (χ0n) is 19.3. The van der Waals surface area contributed by atoms with Crippen molar-refractivity contribution >= 4 is 29.2 Å². The Hall–Kier alpha value is -3.01. The molecule has 0 aliphatic carbocycles. The van der Waals surface area contributed by atoms with E-state index < -0.39 is 0 Å². The topological polar surface area (TPSA) is 89.6 Å². The lowest BCUT2D eigenvalue weighted by Crippen LogP contribution is -2.52. The summed E-state index contributed by atoms with van der Waals surface area (Å²) < 4.78 is 22.6. The van der Waals surface area contributed by atoms with E-state index >= 15 is 0 Å². The number of ether oxygens (including phenoxy) is 4. The van der Waals surface area contributed by atoms with Crippen molar-refractivity contribution in [2.24, 2.45) is 0 Å². The Morgan fingerprint density at radius 3 is 2.69 bits per heavy atom. The quantitative estimate of drug-likeness (QED) is 0.650. The summed E-state index contributed by atoms with van der Waals surface area (Å²) in [7, 11) is 0. The van der Waals surface area contributed by atoms with Crippen molar-refractivity contribution < 1.29 is 28.5 Å². The highest BCUT2D eigenvalue weighted by Gasteiger charge is 2.31. The van der Waals surface area contributed by atoms with Gasteiger partial charge in [0, 0.05) is 42.5 Å². The van der Waals surface area contributed by atoms with E-state index in [0.29, 0.717) is 67.2 Å². The van der Waals surface area contributed by atoms with E-state index in [1.54, 1.807) is 52.3 Å². The van der Waals surface area contributed by atoms with Crippen LogP contribution in [0.25, 0.3) is 0 Å². The first kappa shape index (κ1) is 23.7. The summed E-state index contributed by atoms with van der Waals surface area (Å²) in [6, 6.07) is 12.0. The fraction of sp³-hybridized carbons (Fsp3) is 0.440. The maximum absolute atomic E-state index is 13.5. The first-order chi connectivity index (χ1) is 17.0. The van der Waals surface area contributed by atoms with Crippen molar-refractivity contribution in [3.05, 3.63) is 53.1 Å². The number of amides is 3. The molecule has 3 amide bonds. The van der Waals surface area contributed by atoms with Crippen LogP contribution in [0.1, 0.15) is 23.2 Å². The maximum Gasteiger partial charge on any atom is 0.322 e. The summed E-state index contributed by atoms with van der Waals surface area (Å²) in [5.41, 5.74) is 1.14. The van der Waals surface area contributed by atoms with Gasteiger partial charge in [-0.25, -0.2) is 4.79 Å². The van der Waals surface area contributed by atoms with Crippen molar-refractivity contribution in [3.63, 3.8) is 0 Å². The lowest BCUT2D eigenvalue weighted by Gasteiger charge is -2.36. The van der Waals surface area contributed by atoms with Gasteiger partial charge in [0.05, 0.1) is 25.4 Å². The number of morpholine rings is 1. The van der Waals surface area contributed by atoms with Gasteiger partial charge in [-0.15, -0.1) is 0 Å². The van der Waals surface area contributed by atoms with Gasteiger partial charge in [-0.05, 0) is 49.2 Å². The van der Waals surface area contributed by atoms with E-state index in [0.717, 1.165) is 12.8 Å². The van der Waals surface area contributed by atoms with Crippen molar-refractivity contribution in [2.45, 2.75) is 25.0 Å². The molecular weight excluding hydrogens is 474 g/mol. The number of benzene rings is 2. The van der Waals surface area contributed by atoms with Gasteiger partial charge in [-0.1, -0.05) is 17.7 Å². The van der Waals surface area contributed by atoms with Gasteiger partial charge in [0.2, 0.25) is 6.79 Å². The predicted molar refractivity (Wildman–Crippen MR) is 129 cm³/mol. The molecule has 0 aromatic heterocycles. The number of hydrogen-bond acceptors (Lipinski definition) is 6. The summed E-state index contributed by atoms with van der Waals surface area (Å²) in [5.74, 6) is 1.05. The zero-order valence-corrected chi connectivity index (χ0v) is 20.0. The maximum atomic E-state index is 13.5. The Bertz CT molecular complexity index is 1080. The molecule has 5 rings (SSSR count). The van der Waals surface area contributed by atoms with Gasteiger partial charge in [-0.3, -0.25) is 4.79 Å². The molecule has 3 aliphatic rings. The number of carbonyl (C=O) groups excluding carboxylic acids is 2. The minimum Gasteiger partial charge on any atom is -0.454 e. The number of nitrogens with zero attached hydrogens (tertiary/aromatic N) is 2. The molecule has 0 radical (unpaired) electrons. The smallest absolute Gasteiger partial charge is 0.322 e. The third-order valence-electron chi connectivity index (χ3n) is 6.28. The molecule has 3 heterocycles. The third kappa shape index (κ3) is 5.80. The highest BCUT2D eigenvalue weighted by molar-refractivity contribution is 6.30. The minimum absolute atomic E-state index is 0.0150. The van der Waals surface area contributed by atoms with E-state index in [1.807, 2.05) is 0 Å². The first-order valence-electron chi connectivity index (χ1n) is 11.8. The van der Waals surface area contributed by atoms with Crippen molar-refractivity contribution in [3.8, 4) is 11.5 Å². The van der Waals surface area contributed by atoms with Crippen LogP contribution >= 0.6 is 11.6 Å². The molecule has 2 unspecified atom stereocenters. The van der Waals surface area contributed by atoms with E-state index in [1.165, 1.54) is 0 Å². The first-order valence-corrected chi connectivity index (χ1v) is 12.2. The normalized spacial score (nSPS) is 21.1. The molecule has 0 bridgehead atoms. The standard InChI is InChI=1S/C25H28ClN3O6/c26-18-3-1-4-19(12-18)27-25(31)28-8-10-33-21(14-28)15-29(13-20-5-2-9-32-20)24(30)17-6-7-22-23(11-17)35-16-34-22/h1,3-4,6-7,11-12,20-21H,2,5,8-10,13-16H2,(H,27,31). The Morgan fingerprint density at radius 2 is 1.86 bits per heavy atom. The average molecular weight is 502 g/mol. The van der Waals surface area contributed by atoms with Crippen LogP contribution in [0.2, 0.25) is 5.02 Å². The van der Waals surface area contributed by atoms with Crippen molar-refractivity contribution in [2.75, 3.05) is 51.5 Å². The lowest BCUT2D eigenvalue weighted by atomic mass is 10.1. The molecule has 35 heavy (non-hydrogen) atoms. The molecule has 2 aromatic carbocycles. The Kier molecular flexibility index (Phi) is 7.26. The van der Waals surface area contributed by atoms with Crippen LogP contribution < -0.4 is 14.8 Å². The zero-order chi connectivity index (χ0) is 24.2. The van der Waals surface area contributed by atoms with E-state index in [2.05, 4.69) is 5.32 Å². The van der Waals surface area contributed by atoms with Crippen LogP contribution in [0.5, 0.6) is 11.5 Å². The highest BCUT2D eigenvalue weighted by Crippen LogP contribution is 2.33. The number of nitrogens with one attached hydrogen (secondary N) is 1. The van der Waals surface area contributed by atoms with Crippen molar-refractivity contribution in [1.29, 1.82) is 0 Å². The van der Waals surface area contributed by atoms with E-state index in [9.17, 15) is 9.59 Å². The second-order valence-electron chi connectivity index (χ2n) is 8.79. The highest BCUT2D eigenvalue weighted by atomic mass is 35.5. The van der Waals surface area contributed by atoms with Gasteiger partial charge in [-0.2, -0.15) is 0 Å². The number of hydrogen-bond donors (Lipinski definition) is 1. The molecule has 10 heteroatoms. The van der Waals surface area contributed by atoms with Gasteiger partial charge >= 0.3 is 6.03 Å². The largest absolute Gasteiger partial charge is 0.454 e. The van der Waals surface area contributed by atoms with Crippen LogP contribution in [-0.2, 0) is 9.47 Å². The molecule has 186 valence electrons. The molecule has 2 saturated heterocycles. The van der Waals surface area contributed by atoms with Gasteiger partial charge in [0.1, 0.15) is 0 Å². The Morgan fingerprint density at radius 1 is 1.03 bits per heavy atom. The summed E-state index contributed by atoms with van der Waals surface area (Å²) >= 11 is 6.03. The Labute approximate surface area is 208 Å². The molecule has 2 fully saturated rings. The van der Waals surface area contributed by atoms with Gasteiger partial charge < -0.3 is 34.1 Å². The van der Waals surface area contributed by atoms with Gasteiger partial charge in [0.15, 0.2) is 11.5 Å². The summed E-state index contributed by atoms with van der Waals surface area (Å²) in [5, 5.41) is 3.43. The summed E-state index contributed by atoms with van der Waals surface area (Å²) in [4.78, 5) is 29.8. The number of carbonyl (C=O) groups is 2. The lowest BCUT2D eigenvalue weighted by molar-refractivity contribution is -0.0315. The molecule has 0 spiro atoms. The molecule has 2 aromatic rings. The fourth-order valence-electron chi connectivity index (χ4n) is 4.52. The second kappa shape index (κ2) is 10.7. The van der Waals surface area contributed by atoms with E-state index in [4.69, 9.17) is 30.5 Å². The van der Waals surface area contributed by atoms with E-state index in [-0.39, 0.29) is 30.9 Å². The van der Waals surface area contributed by atoms with Crippen LogP contribution in [0.4, 0.5) is 10.5 Å².